The number of ether oxygens (including phenoxy) is 1. The summed E-state index contributed by atoms with van der Waals surface area (Å²) >= 11 is 7.12. The smallest absolute Gasteiger partial charge is 0.329 e. The lowest BCUT2D eigenvalue weighted by molar-refractivity contribution is -0.142. The Labute approximate surface area is 169 Å². The maximum absolute atomic E-state index is 12.5. The van der Waals surface area contributed by atoms with Gasteiger partial charge in [-0.3, -0.25) is 19.1 Å². The minimum Gasteiger partial charge on any atom is -0.465 e. The number of hydrogen-bond donors (Lipinski definition) is 1. The predicted octanol–water partition coefficient (Wildman–Crippen LogP) is 2.17. The SMILES string of the molecule is CCOC(=O)[C@H](C)Sc1nc2c(c(=O)[nH]c(=O)n2C)n1Cc1ccc(Cl)cc1. The minimum absolute atomic E-state index is 0.251. The van der Waals surface area contributed by atoms with Gasteiger partial charge in [0.15, 0.2) is 16.3 Å². The summed E-state index contributed by atoms with van der Waals surface area (Å²) in [7, 11) is 1.53. The van der Waals surface area contributed by atoms with Gasteiger partial charge in [-0.05, 0) is 31.5 Å². The summed E-state index contributed by atoms with van der Waals surface area (Å²) in [5, 5.41) is 0.513. The van der Waals surface area contributed by atoms with Crippen LogP contribution in [0.3, 0.4) is 0 Å². The van der Waals surface area contributed by atoms with Crippen LogP contribution in [0.25, 0.3) is 11.2 Å². The van der Waals surface area contributed by atoms with E-state index < -0.39 is 16.5 Å². The number of rotatable bonds is 6. The third-order valence-corrected chi connectivity index (χ3v) is 5.45. The van der Waals surface area contributed by atoms with Crippen LogP contribution in [0.2, 0.25) is 5.02 Å². The van der Waals surface area contributed by atoms with Crippen LogP contribution in [0, 0.1) is 0 Å². The molecule has 3 rings (SSSR count). The Bertz CT molecular complexity index is 1130. The molecular weight excluding hydrogens is 404 g/mol. The maximum atomic E-state index is 12.5. The summed E-state index contributed by atoms with van der Waals surface area (Å²) in [4.78, 5) is 43.2. The first-order valence-corrected chi connectivity index (χ1v) is 9.84. The zero-order chi connectivity index (χ0) is 20.4. The fourth-order valence-corrected chi connectivity index (χ4v) is 3.72. The lowest BCUT2D eigenvalue weighted by atomic mass is 10.2. The molecule has 0 saturated carbocycles. The number of aryl methyl sites for hydroxylation is 1. The summed E-state index contributed by atoms with van der Waals surface area (Å²) in [6.07, 6.45) is 0. The lowest BCUT2D eigenvalue weighted by Crippen LogP contribution is -2.29. The molecule has 0 amide bonds. The number of halogens is 1. The van der Waals surface area contributed by atoms with Crippen LogP contribution in [0.5, 0.6) is 0 Å². The number of carbonyl (C=O) groups excluding carboxylic acids is 1. The first kappa shape index (κ1) is 20.2. The van der Waals surface area contributed by atoms with E-state index in [1.165, 1.54) is 23.4 Å². The van der Waals surface area contributed by atoms with Crippen molar-refractivity contribution in [1.29, 1.82) is 0 Å². The van der Waals surface area contributed by atoms with Crippen LogP contribution in [0.4, 0.5) is 0 Å². The van der Waals surface area contributed by atoms with E-state index in [0.717, 1.165) is 5.56 Å². The molecule has 8 nitrogen and oxygen atoms in total. The lowest BCUT2D eigenvalue weighted by Gasteiger charge is -2.12. The molecule has 148 valence electrons. The largest absolute Gasteiger partial charge is 0.465 e. The first-order valence-electron chi connectivity index (χ1n) is 8.59. The normalized spacial score (nSPS) is 12.3. The number of imidazole rings is 1. The summed E-state index contributed by atoms with van der Waals surface area (Å²) in [6, 6.07) is 7.19. The van der Waals surface area contributed by atoms with Crippen LogP contribution in [0.1, 0.15) is 19.4 Å². The number of nitrogens with zero attached hydrogens (tertiary/aromatic N) is 3. The predicted molar refractivity (Wildman–Crippen MR) is 108 cm³/mol. The molecular formula is C18H19ClN4O4S. The third-order valence-electron chi connectivity index (χ3n) is 4.13. The highest BCUT2D eigenvalue weighted by atomic mass is 35.5. The highest BCUT2D eigenvalue weighted by Crippen LogP contribution is 2.27. The Morgan fingerprint density at radius 1 is 1.32 bits per heavy atom. The number of nitrogens with one attached hydrogen (secondary N) is 1. The van der Waals surface area contributed by atoms with E-state index in [-0.39, 0.29) is 23.7 Å². The van der Waals surface area contributed by atoms with Crippen molar-refractivity contribution in [2.75, 3.05) is 6.61 Å². The first-order chi connectivity index (χ1) is 13.3. The number of aromatic nitrogens is 4. The number of carbonyl (C=O) groups is 1. The molecule has 0 aliphatic heterocycles. The van der Waals surface area contributed by atoms with Gasteiger partial charge in [-0.15, -0.1) is 0 Å². The van der Waals surface area contributed by atoms with Crippen molar-refractivity contribution in [3.63, 3.8) is 0 Å². The van der Waals surface area contributed by atoms with Crippen molar-refractivity contribution in [1.82, 2.24) is 19.1 Å². The number of esters is 1. The van der Waals surface area contributed by atoms with Crippen molar-refractivity contribution in [3.8, 4) is 0 Å². The Hall–Kier alpha value is -2.52. The van der Waals surface area contributed by atoms with Crippen LogP contribution >= 0.6 is 23.4 Å². The number of benzene rings is 1. The van der Waals surface area contributed by atoms with Gasteiger partial charge < -0.3 is 9.30 Å². The second-order valence-corrected chi connectivity index (χ2v) is 7.85. The molecule has 0 unspecified atom stereocenters. The molecule has 0 aliphatic rings. The fourth-order valence-electron chi connectivity index (χ4n) is 2.69. The highest BCUT2D eigenvalue weighted by molar-refractivity contribution is 8.00. The minimum atomic E-state index is -0.552. The van der Waals surface area contributed by atoms with Crippen molar-refractivity contribution >= 4 is 40.5 Å². The van der Waals surface area contributed by atoms with Gasteiger partial charge in [0.1, 0.15) is 5.25 Å². The van der Waals surface area contributed by atoms with Crippen LogP contribution in [-0.2, 0) is 23.1 Å². The van der Waals surface area contributed by atoms with Gasteiger partial charge in [0, 0.05) is 12.1 Å². The molecule has 0 radical (unpaired) electrons. The molecule has 1 N–H and O–H groups in total. The van der Waals surface area contributed by atoms with E-state index >= 15 is 0 Å². The molecule has 1 aromatic carbocycles. The monoisotopic (exact) mass is 422 g/mol. The van der Waals surface area contributed by atoms with Crippen molar-refractivity contribution in [2.24, 2.45) is 7.05 Å². The second kappa shape index (κ2) is 8.24. The summed E-state index contributed by atoms with van der Waals surface area (Å²) in [5.41, 5.74) is 0.318. The number of aromatic amines is 1. The van der Waals surface area contributed by atoms with Crippen LogP contribution < -0.4 is 11.2 Å². The van der Waals surface area contributed by atoms with Gasteiger partial charge >= 0.3 is 11.7 Å². The van der Waals surface area contributed by atoms with Crippen molar-refractivity contribution in [3.05, 3.63) is 55.7 Å². The van der Waals surface area contributed by atoms with Gasteiger partial charge in [0.25, 0.3) is 5.56 Å². The van der Waals surface area contributed by atoms with E-state index in [9.17, 15) is 14.4 Å². The summed E-state index contributed by atoms with van der Waals surface area (Å²) in [5.74, 6) is -0.375. The van der Waals surface area contributed by atoms with Gasteiger partial charge in [0.2, 0.25) is 0 Å². The van der Waals surface area contributed by atoms with Gasteiger partial charge in [-0.1, -0.05) is 35.5 Å². The van der Waals surface area contributed by atoms with Gasteiger partial charge in [0.05, 0.1) is 13.2 Å². The van der Waals surface area contributed by atoms with Gasteiger partial charge in [-0.2, -0.15) is 0 Å². The van der Waals surface area contributed by atoms with E-state index in [0.29, 0.717) is 16.7 Å². The number of fused-ring (bicyclic) bond motifs is 1. The number of hydrogen-bond acceptors (Lipinski definition) is 6. The van der Waals surface area contributed by atoms with E-state index in [4.69, 9.17) is 16.3 Å². The molecule has 28 heavy (non-hydrogen) atoms. The van der Waals surface area contributed by atoms with Crippen molar-refractivity contribution < 1.29 is 9.53 Å². The average Bonchev–Trinajstić information content (AvgIpc) is 3.00. The molecule has 0 aliphatic carbocycles. The van der Waals surface area contributed by atoms with Gasteiger partial charge in [-0.25, -0.2) is 9.78 Å². The maximum Gasteiger partial charge on any atom is 0.329 e. The average molecular weight is 423 g/mol. The quantitative estimate of drug-likeness (QED) is 0.482. The fraction of sp³-hybridized carbons (Fsp3) is 0.333. The number of H-pyrrole nitrogens is 1. The molecule has 10 heteroatoms. The summed E-state index contributed by atoms with van der Waals surface area (Å²) < 4.78 is 8.02. The molecule has 0 spiro atoms. The molecule has 0 bridgehead atoms. The summed E-state index contributed by atoms with van der Waals surface area (Å²) in [6.45, 7) is 4.05. The Morgan fingerprint density at radius 3 is 2.64 bits per heavy atom. The Morgan fingerprint density at radius 2 is 2.00 bits per heavy atom. The molecule has 0 fully saturated rings. The third kappa shape index (κ3) is 4.00. The zero-order valence-corrected chi connectivity index (χ0v) is 17.1. The molecule has 1 atom stereocenters. The molecule has 2 heterocycles. The molecule has 0 saturated heterocycles. The van der Waals surface area contributed by atoms with E-state index in [2.05, 4.69) is 9.97 Å². The zero-order valence-electron chi connectivity index (χ0n) is 15.6. The highest BCUT2D eigenvalue weighted by Gasteiger charge is 2.23. The van der Waals surface area contributed by atoms with Crippen molar-refractivity contribution in [2.45, 2.75) is 30.8 Å². The molecule has 3 aromatic rings. The van der Waals surface area contributed by atoms with E-state index in [1.54, 1.807) is 30.5 Å². The number of thioether (sulfide) groups is 1. The second-order valence-electron chi connectivity index (χ2n) is 6.11. The van der Waals surface area contributed by atoms with Crippen LogP contribution in [-0.4, -0.2) is 36.9 Å². The van der Waals surface area contributed by atoms with E-state index in [1.807, 2.05) is 12.1 Å². The Balaban J connectivity index is 2.13. The van der Waals surface area contributed by atoms with Crippen LogP contribution in [0.15, 0.2) is 39.0 Å². The molecule has 2 aromatic heterocycles. The Kier molecular flexibility index (Phi) is 5.95. The standard InChI is InChI=1S/C18H19ClN4O4S/c1-4-27-16(25)10(2)28-18-20-14-13(15(24)21-17(26)22(14)3)23(18)9-11-5-7-12(19)8-6-11/h5-8,10H,4,9H2,1-3H3,(H,21,24,26)/t10-/m0/s1. The topological polar surface area (TPSA) is 99.0 Å².